The van der Waals surface area contributed by atoms with Gasteiger partial charge in [-0.3, -0.25) is 0 Å². The second-order valence-corrected chi connectivity index (χ2v) is 2.43. The van der Waals surface area contributed by atoms with Gasteiger partial charge in [0.25, 0.3) is 0 Å². The van der Waals surface area contributed by atoms with E-state index in [1.54, 1.807) is 18.2 Å². The lowest BCUT2D eigenvalue weighted by atomic mass is 10.3. The van der Waals surface area contributed by atoms with E-state index >= 15 is 0 Å². The summed E-state index contributed by atoms with van der Waals surface area (Å²) in [7, 11) is 0. The molecule has 0 heterocycles. The number of halogens is 3. The Hall–Kier alpha value is -0.110. The zero-order chi connectivity index (χ0) is 6.85. The Balaban J connectivity index is 0.000000810. The molecule has 0 aliphatic carbocycles. The second-order valence-electron chi connectivity index (χ2n) is 1.64. The van der Waals surface area contributed by atoms with Crippen molar-refractivity contribution in [2.75, 3.05) is 5.73 Å². The van der Waals surface area contributed by atoms with E-state index in [-0.39, 0.29) is 12.4 Å². The van der Waals surface area contributed by atoms with Crippen LogP contribution in [0.25, 0.3) is 0 Å². The van der Waals surface area contributed by atoms with Crippen molar-refractivity contribution in [3.63, 3.8) is 0 Å². The number of nitrogen functional groups attached to an aromatic ring is 1. The van der Waals surface area contributed by atoms with Crippen LogP contribution < -0.4 is 5.73 Å². The van der Waals surface area contributed by atoms with Gasteiger partial charge in [-0.05, 0) is 12.1 Å². The fourth-order valence-electron chi connectivity index (χ4n) is 0.520. The van der Waals surface area contributed by atoms with Gasteiger partial charge in [0.1, 0.15) is 0 Å². The normalized spacial score (nSPS) is 8.60. The molecule has 0 unspecified atom stereocenters. The van der Waals surface area contributed by atoms with Crippen molar-refractivity contribution in [1.82, 2.24) is 0 Å². The van der Waals surface area contributed by atoms with Crippen LogP contribution in [-0.4, -0.2) is 0 Å². The Labute approximate surface area is 75.5 Å². The zero-order valence-electron chi connectivity index (χ0n) is 4.97. The molecule has 1 aromatic carbocycles. The highest BCUT2D eigenvalue weighted by molar-refractivity contribution is 6.43. The number of nitrogens with two attached hydrogens (primary N) is 1. The van der Waals surface area contributed by atoms with Crippen molar-refractivity contribution in [2.45, 2.75) is 0 Å². The Morgan fingerprint density at radius 1 is 1.20 bits per heavy atom. The van der Waals surface area contributed by atoms with Crippen LogP contribution in [0.15, 0.2) is 18.2 Å². The zero-order valence-corrected chi connectivity index (χ0v) is 7.30. The fraction of sp³-hybridized carbons (Fsp3) is 0. The van der Waals surface area contributed by atoms with Gasteiger partial charge in [-0.2, -0.15) is 0 Å². The molecule has 0 amide bonds. The minimum Gasteiger partial charge on any atom is -0.397 e. The van der Waals surface area contributed by atoms with Crippen LogP contribution in [0.2, 0.25) is 10.0 Å². The smallest absolute Gasteiger partial charge is 0.0821 e. The van der Waals surface area contributed by atoms with Gasteiger partial charge in [-0.15, -0.1) is 12.4 Å². The SMILES string of the molecule is Cl.Nc1cccc(Cl)c1Cl. The van der Waals surface area contributed by atoms with Gasteiger partial charge in [0.15, 0.2) is 0 Å². The van der Waals surface area contributed by atoms with Crippen molar-refractivity contribution in [2.24, 2.45) is 0 Å². The van der Waals surface area contributed by atoms with E-state index in [0.29, 0.717) is 15.7 Å². The molecule has 0 bridgehead atoms. The number of benzene rings is 1. The number of hydrogen-bond acceptors (Lipinski definition) is 1. The van der Waals surface area contributed by atoms with Gasteiger partial charge >= 0.3 is 0 Å². The Bertz CT molecular complexity index is 204. The average Bonchev–Trinajstić information content (AvgIpc) is 1.83. The first kappa shape index (κ1) is 9.89. The Kier molecular flexibility index (Phi) is 3.87. The summed E-state index contributed by atoms with van der Waals surface area (Å²) in [5.41, 5.74) is 5.92. The minimum atomic E-state index is 0. The van der Waals surface area contributed by atoms with Crippen LogP contribution in [-0.2, 0) is 0 Å². The summed E-state index contributed by atoms with van der Waals surface area (Å²) >= 11 is 11.2. The lowest BCUT2D eigenvalue weighted by Crippen LogP contribution is -1.84. The fourth-order valence-corrected chi connectivity index (χ4v) is 0.828. The van der Waals surface area contributed by atoms with Gasteiger partial charge in [-0.1, -0.05) is 29.3 Å². The van der Waals surface area contributed by atoms with Crippen molar-refractivity contribution < 1.29 is 0 Å². The Morgan fingerprint density at radius 3 is 2.20 bits per heavy atom. The summed E-state index contributed by atoms with van der Waals surface area (Å²) < 4.78 is 0. The molecule has 0 saturated heterocycles. The summed E-state index contributed by atoms with van der Waals surface area (Å²) in [4.78, 5) is 0. The molecule has 0 saturated carbocycles. The van der Waals surface area contributed by atoms with Crippen LogP contribution in [0.3, 0.4) is 0 Å². The standard InChI is InChI=1S/C6H5Cl2N.ClH/c7-4-2-1-3-5(9)6(4)8;/h1-3H,9H2;1H. The number of hydrogen-bond donors (Lipinski definition) is 1. The first-order valence-electron chi connectivity index (χ1n) is 2.41. The van der Waals surface area contributed by atoms with Gasteiger partial charge < -0.3 is 5.73 Å². The minimum absolute atomic E-state index is 0. The molecular formula is C6H6Cl3N. The van der Waals surface area contributed by atoms with E-state index in [1.807, 2.05) is 0 Å². The number of anilines is 1. The quantitative estimate of drug-likeness (QED) is 0.637. The van der Waals surface area contributed by atoms with E-state index in [0.717, 1.165) is 0 Å². The summed E-state index contributed by atoms with van der Waals surface area (Å²) in [6.07, 6.45) is 0. The maximum Gasteiger partial charge on any atom is 0.0821 e. The van der Waals surface area contributed by atoms with E-state index in [9.17, 15) is 0 Å². The van der Waals surface area contributed by atoms with E-state index in [2.05, 4.69) is 0 Å². The molecule has 0 aliphatic heterocycles. The van der Waals surface area contributed by atoms with Gasteiger partial charge in [0, 0.05) is 0 Å². The summed E-state index contributed by atoms with van der Waals surface area (Å²) in [5.74, 6) is 0. The molecule has 1 aromatic rings. The first-order chi connectivity index (χ1) is 4.22. The maximum absolute atomic E-state index is 5.62. The maximum atomic E-state index is 5.62. The van der Waals surface area contributed by atoms with Crippen LogP contribution in [0.1, 0.15) is 0 Å². The highest BCUT2D eigenvalue weighted by Gasteiger charge is 1.97. The van der Waals surface area contributed by atoms with Crippen LogP contribution in [0.4, 0.5) is 5.69 Å². The van der Waals surface area contributed by atoms with Gasteiger partial charge in [0.2, 0.25) is 0 Å². The van der Waals surface area contributed by atoms with E-state index in [1.165, 1.54) is 0 Å². The molecule has 2 N–H and O–H groups in total. The highest BCUT2D eigenvalue weighted by atomic mass is 35.5. The van der Waals surface area contributed by atoms with Gasteiger partial charge in [0.05, 0.1) is 15.7 Å². The van der Waals surface area contributed by atoms with E-state index in [4.69, 9.17) is 28.9 Å². The van der Waals surface area contributed by atoms with Crippen molar-refractivity contribution in [3.05, 3.63) is 28.2 Å². The molecule has 56 valence electrons. The highest BCUT2D eigenvalue weighted by Crippen LogP contribution is 2.26. The molecule has 0 atom stereocenters. The molecule has 0 radical (unpaired) electrons. The monoisotopic (exact) mass is 197 g/mol. The number of rotatable bonds is 0. The van der Waals surface area contributed by atoms with Crippen molar-refractivity contribution in [3.8, 4) is 0 Å². The molecule has 10 heavy (non-hydrogen) atoms. The van der Waals surface area contributed by atoms with Crippen molar-refractivity contribution in [1.29, 1.82) is 0 Å². The molecule has 0 aromatic heterocycles. The lowest BCUT2D eigenvalue weighted by Gasteiger charge is -1.96. The lowest BCUT2D eigenvalue weighted by molar-refractivity contribution is 1.68. The Morgan fingerprint density at radius 2 is 1.80 bits per heavy atom. The third kappa shape index (κ3) is 1.94. The van der Waals surface area contributed by atoms with Gasteiger partial charge in [-0.25, -0.2) is 0 Å². The summed E-state index contributed by atoms with van der Waals surface area (Å²) in [6.45, 7) is 0. The van der Waals surface area contributed by atoms with Crippen LogP contribution >= 0.6 is 35.6 Å². The van der Waals surface area contributed by atoms with Crippen LogP contribution in [0.5, 0.6) is 0 Å². The first-order valence-corrected chi connectivity index (χ1v) is 3.17. The average molecular weight is 198 g/mol. The predicted octanol–water partition coefficient (Wildman–Crippen LogP) is 3.00. The third-order valence-electron chi connectivity index (χ3n) is 0.981. The largest absolute Gasteiger partial charge is 0.397 e. The van der Waals surface area contributed by atoms with E-state index < -0.39 is 0 Å². The predicted molar refractivity (Wildman–Crippen MR) is 48.1 cm³/mol. The van der Waals surface area contributed by atoms with Crippen LogP contribution in [0, 0.1) is 0 Å². The third-order valence-corrected chi connectivity index (χ3v) is 1.81. The molecule has 1 rings (SSSR count). The molecular weight excluding hydrogens is 192 g/mol. The molecule has 4 heteroatoms. The second kappa shape index (κ2) is 3.91. The molecule has 0 aliphatic rings. The molecule has 0 spiro atoms. The molecule has 1 nitrogen and oxygen atoms in total. The topological polar surface area (TPSA) is 26.0 Å². The molecule has 0 fully saturated rings. The summed E-state index contributed by atoms with van der Waals surface area (Å²) in [5, 5.41) is 0.927. The summed E-state index contributed by atoms with van der Waals surface area (Å²) in [6, 6.07) is 5.15. The van der Waals surface area contributed by atoms with Crippen molar-refractivity contribution >= 4 is 41.3 Å².